The molecule has 2 nitrogen and oxygen atoms in total. The maximum Gasteiger partial charge on any atom is 0.0481 e. The van der Waals surface area contributed by atoms with Crippen molar-refractivity contribution in [3.8, 4) is 0 Å². The molecule has 1 aromatic heterocycles. The van der Waals surface area contributed by atoms with Crippen molar-refractivity contribution in [3.05, 3.63) is 35.5 Å². The normalized spacial score (nSPS) is 11.5. The molecular weight excluding hydrogens is 220 g/mol. The van der Waals surface area contributed by atoms with Crippen molar-refractivity contribution >= 4 is 22.5 Å². The van der Waals surface area contributed by atoms with Crippen molar-refractivity contribution in [1.29, 1.82) is 0 Å². The van der Waals surface area contributed by atoms with Crippen molar-refractivity contribution in [2.24, 2.45) is 0 Å². The van der Waals surface area contributed by atoms with E-state index in [9.17, 15) is 0 Å². The molecule has 0 atom stereocenters. The summed E-state index contributed by atoms with van der Waals surface area (Å²) < 4.78 is 2.25. The van der Waals surface area contributed by atoms with Crippen molar-refractivity contribution in [2.75, 3.05) is 6.54 Å². The second-order valence-corrected chi connectivity index (χ2v) is 4.76. The Hall–Kier alpha value is -0.990. The first-order valence-corrected chi connectivity index (χ1v) is 6.02. The Morgan fingerprint density at radius 2 is 2.12 bits per heavy atom. The Morgan fingerprint density at radius 1 is 1.31 bits per heavy atom. The highest BCUT2D eigenvalue weighted by atomic mass is 35.5. The zero-order chi connectivity index (χ0) is 11.5. The van der Waals surface area contributed by atoms with Gasteiger partial charge in [0.2, 0.25) is 0 Å². The fourth-order valence-corrected chi connectivity index (χ4v) is 2.02. The lowest BCUT2D eigenvalue weighted by molar-refractivity contribution is 0.548. The average Bonchev–Trinajstić information content (AvgIpc) is 2.60. The smallest absolute Gasteiger partial charge is 0.0481 e. The van der Waals surface area contributed by atoms with Gasteiger partial charge in [-0.05, 0) is 24.3 Å². The molecule has 3 heteroatoms. The molecule has 0 aliphatic carbocycles. The number of fused-ring (bicyclic) bond motifs is 1. The maximum atomic E-state index is 5.95. The van der Waals surface area contributed by atoms with Crippen LogP contribution in [0.25, 0.3) is 10.9 Å². The van der Waals surface area contributed by atoms with E-state index in [4.69, 9.17) is 11.6 Å². The van der Waals surface area contributed by atoms with Gasteiger partial charge in [0.05, 0.1) is 0 Å². The average molecular weight is 237 g/mol. The number of aromatic nitrogens is 1. The largest absolute Gasteiger partial charge is 0.346 e. The Bertz CT molecular complexity index is 474. The number of rotatable bonds is 4. The number of benzene rings is 1. The summed E-state index contributed by atoms with van der Waals surface area (Å²) in [4.78, 5) is 0. The molecule has 0 aliphatic heterocycles. The van der Waals surface area contributed by atoms with E-state index < -0.39 is 0 Å². The molecular formula is C13H17ClN2. The summed E-state index contributed by atoms with van der Waals surface area (Å²) in [5.74, 6) is 0. The molecule has 0 saturated carbocycles. The Labute approximate surface area is 101 Å². The van der Waals surface area contributed by atoms with Crippen LogP contribution in [0.2, 0.25) is 5.02 Å². The van der Waals surface area contributed by atoms with Crippen LogP contribution in [-0.2, 0) is 6.54 Å². The standard InChI is InChI=1S/C13H17ClN2/c1-10(2)15-6-8-16-7-5-11-9-12(14)3-4-13(11)16/h3-5,7,9-10,15H,6,8H2,1-2H3. The van der Waals surface area contributed by atoms with E-state index in [0.29, 0.717) is 6.04 Å². The Balaban J connectivity index is 2.13. The van der Waals surface area contributed by atoms with Gasteiger partial charge in [-0.1, -0.05) is 25.4 Å². The topological polar surface area (TPSA) is 17.0 Å². The van der Waals surface area contributed by atoms with Crippen LogP contribution in [0.4, 0.5) is 0 Å². The number of nitrogens with one attached hydrogen (secondary N) is 1. The lowest BCUT2D eigenvalue weighted by Gasteiger charge is -2.09. The van der Waals surface area contributed by atoms with Crippen LogP contribution in [0.3, 0.4) is 0 Å². The second-order valence-electron chi connectivity index (χ2n) is 4.32. The highest BCUT2D eigenvalue weighted by Gasteiger charge is 2.01. The molecule has 0 spiro atoms. The van der Waals surface area contributed by atoms with Gasteiger partial charge in [-0.15, -0.1) is 0 Å². The SMILES string of the molecule is CC(C)NCCn1ccc2cc(Cl)ccc21. The predicted octanol–water partition coefficient (Wildman–Crippen LogP) is 3.29. The highest BCUT2D eigenvalue weighted by Crippen LogP contribution is 2.20. The first-order valence-electron chi connectivity index (χ1n) is 5.64. The van der Waals surface area contributed by atoms with Gasteiger partial charge in [0.15, 0.2) is 0 Å². The van der Waals surface area contributed by atoms with E-state index >= 15 is 0 Å². The lowest BCUT2D eigenvalue weighted by atomic mass is 10.2. The summed E-state index contributed by atoms with van der Waals surface area (Å²) >= 11 is 5.95. The minimum absolute atomic E-state index is 0.538. The minimum atomic E-state index is 0.538. The number of hydrogen-bond acceptors (Lipinski definition) is 1. The molecule has 2 rings (SSSR count). The third-order valence-electron chi connectivity index (χ3n) is 2.64. The minimum Gasteiger partial charge on any atom is -0.346 e. The molecule has 1 N–H and O–H groups in total. The van der Waals surface area contributed by atoms with Crippen molar-refractivity contribution in [2.45, 2.75) is 26.4 Å². The first-order chi connectivity index (χ1) is 7.66. The summed E-state index contributed by atoms with van der Waals surface area (Å²) in [5.41, 5.74) is 1.25. The molecule has 0 bridgehead atoms. The summed E-state index contributed by atoms with van der Waals surface area (Å²) in [6.07, 6.45) is 2.11. The van der Waals surface area contributed by atoms with Gasteiger partial charge < -0.3 is 9.88 Å². The van der Waals surface area contributed by atoms with Crippen LogP contribution in [-0.4, -0.2) is 17.2 Å². The fourth-order valence-electron chi connectivity index (χ4n) is 1.84. The zero-order valence-corrected chi connectivity index (χ0v) is 10.5. The molecule has 0 saturated heterocycles. The second kappa shape index (κ2) is 4.89. The van der Waals surface area contributed by atoms with Crippen LogP contribution in [0.15, 0.2) is 30.5 Å². The molecule has 1 aromatic carbocycles. The van der Waals surface area contributed by atoms with E-state index in [0.717, 1.165) is 18.1 Å². The summed E-state index contributed by atoms with van der Waals surface area (Å²) in [5, 5.41) is 5.42. The monoisotopic (exact) mass is 236 g/mol. The molecule has 16 heavy (non-hydrogen) atoms. The molecule has 0 aliphatic rings. The van der Waals surface area contributed by atoms with Crippen LogP contribution >= 0.6 is 11.6 Å². The quantitative estimate of drug-likeness (QED) is 0.862. The van der Waals surface area contributed by atoms with Crippen LogP contribution in [0.1, 0.15) is 13.8 Å². The van der Waals surface area contributed by atoms with Crippen molar-refractivity contribution in [1.82, 2.24) is 9.88 Å². The van der Waals surface area contributed by atoms with E-state index in [2.05, 4.69) is 42.1 Å². The van der Waals surface area contributed by atoms with Gasteiger partial charge in [-0.25, -0.2) is 0 Å². The van der Waals surface area contributed by atoms with Crippen molar-refractivity contribution in [3.63, 3.8) is 0 Å². The fraction of sp³-hybridized carbons (Fsp3) is 0.385. The molecule has 1 heterocycles. The summed E-state index contributed by atoms with van der Waals surface area (Å²) in [7, 11) is 0. The van der Waals surface area contributed by atoms with Gasteiger partial charge in [0.1, 0.15) is 0 Å². The Kier molecular flexibility index (Phi) is 3.52. The molecule has 0 unspecified atom stereocenters. The molecule has 86 valence electrons. The number of hydrogen-bond donors (Lipinski definition) is 1. The van der Waals surface area contributed by atoms with Crippen LogP contribution < -0.4 is 5.32 Å². The number of halogens is 1. The van der Waals surface area contributed by atoms with Crippen LogP contribution in [0, 0.1) is 0 Å². The van der Waals surface area contributed by atoms with Crippen LogP contribution in [0.5, 0.6) is 0 Å². The van der Waals surface area contributed by atoms with Gasteiger partial charge in [-0.2, -0.15) is 0 Å². The molecule has 0 radical (unpaired) electrons. The highest BCUT2D eigenvalue weighted by molar-refractivity contribution is 6.31. The van der Waals surface area contributed by atoms with E-state index in [1.807, 2.05) is 12.1 Å². The first kappa shape index (κ1) is 11.5. The van der Waals surface area contributed by atoms with Crippen molar-refractivity contribution < 1.29 is 0 Å². The molecule has 0 fully saturated rings. The van der Waals surface area contributed by atoms with E-state index in [1.54, 1.807) is 0 Å². The van der Waals surface area contributed by atoms with Gasteiger partial charge >= 0.3 is 0 Å². The predicted molar refractivity (Wildman–Crippen MR) is 70.1 cm³/mol. The lowest BCUT2D eigenvalue weighted by Crippen LogP contribution is -2.26. The van der Waals surface area contributed by atoms with Gasteiger partial charge in [0, 0.05) is 41.3 Å². The summed E-state index contributed by atoms with van der Waals surface area (Å²) in [6.45, 7) is 6.30. The molecule has 0 amide bonds. The molecule has 2 aromatic rings. The maximum absolute atomic E-state index is 5.95. The van der Waals surface area contributed by atoms with Gasteiger partial charge in [-0.3, -0.25) is 0 Å². The third kappa shape index (κ3) is 2.57. The Morgan fingerprint density at radius 3 is 2.88 bits per heavy atom. The van der Waals surface area contributed by atoms with E-state index in [1.165, 1.54) is 10.9 Å². The summed E-state index contributed by atoms with van der Waals surface area (Å²) in [6, 6.07) is 8.67. The third-order valence-corrected chi connectivity index (χ3v) is 2.87. The number of nitrogens with zero attached hydrogens (tertiary/aromatic N) is 1. The van der Waals surface area contributed by atoms with E-state index in [-0.39, 0.29) is 0 Å². The zero-order valence-electron chi connectivity index (χ0n) is 9.70. The van der Waals surface area contributed by atoms with Gasteiger partial charge in [0.25, 0.3) is 0 Å².